The minimum Gasteiger partial charge on any atom is -0.439 e. The first-order chi connectivity index (χ1) is 19.0. The van der Waals surface area contributed by atoms with E-state index in [1.807, 2.05) is 35.2 Å². The number of aliphatic hydroxyl groups is 1. The molecule has 0 bridgehead atoms. The number of aliphatic hydroxyl groups excluding tert-OH is 1. The molecule has 1 atom stereocenters. The van der Waals surface area contributed by atoms with Gasteiger partial charge < -0.3 is 20.1 Å². The number of carbonyl (C=O) groups excluding carboxylic acids is 1. The van der Waals surface area contributed by atoms with Crippen LogP contribution in [0.5, 0.6) is 11.6 Å². The largest absolute Gasteiger partial charge is 0.439 e. The minimum absolute atomic E-state index is 0.0222. The maximum Gasteiger partial charge on any atom is 0.292 e. The van der Waals surface area contributed by atoms with Gasteiger partial charge in [0.2, 0.25) is 11.8 Å². The molecule has 9 heteroatoms. The van der Waals surface area contributed by atoms with Crippen molar-refractivity contribution in [2.45, 2.75) is 95.7 Å². The van der Waals surface area contributed by atoms with E-state index in [0.29, 0.717) is 49.0 Å². The third kappa shape index (κ3) is 8.47. The smallest absolute Gasteiger partial charge is 0.292 e. The molecular weight excluding hydrogens is 496 g/mol. The summed E-state index contributed by atoms with van der Waals surface area (Å²) < 4.78 is 5.83. The van der Waals surface area contributed by atoms with E-state index >= 15 is 0 Å². The summed E-state index contributed by atoms with van der Waals surface area (Å²) in [5, 5.41) is 25.0. The second-order valence-electron chi connectivity index (χ2n) is 10.9. The van der Waals surface area contributed by atoms with Crippen LogP contribution in [0, 0.1) is 16.0 Å². The van der Waals surface area contributed by atoms with Gasteiger partial charge in [-0.25, -0.2) is 4.98 Å². The molecule has 1 aromatic heterocycles. The first-order valence-corrected chi connectivity index (χ1v) is 14.5. The van der Waals surface area contributed by atoms with Crippen LogP contribution in [0.1, 0.15) is 82.6 Å². The molecule has 2 aliphatic carbocycles. The maximum atomic E-state index is 13.3. The van der Waals surface area contributed by atoms with E-state index in [2.05, 4.69) is 10.3 Å². The fraction of sp³-hybridized carbons (Fsp3) is 0.600. The molecular formula is C30H42N4O5. The van der Waals surface area contributed by atoms with Gasteiger partial charge in [-0.2, -0.15) is 0 Å². The van der Waals surface area contributed by atoms with E-state index < -0.39 is 4.92 Å². The van der Waals surface area contributed by atoms with Crippen LogP contribution in [0.25, 0.3) is 0 Å². The predicted molar refractivity (Wildman–Crippen MR) is 150 cm³/mol. The first kappa shape index (κ1) is 29.0. The van der Waals surface area contributed by atoms with Crippen LogP contribution in [0.2, 0.25) is 0 Å². The lowest BCUT2D eigenvalue weighted by molar-refractivity contribution is -0.386. The van der Waals surface area contributed by atoms with Crippen LogP contribution >= 0.6 is 0 Å². The molecule has 4 rings (SSSR count). The Hall–Kier alpha value is -3.04. The number of rotatable bonds is 13. The van der Waals surface area contributed by atoms with Gasteiger partial charge in [0, 0.05) is 37.7 Å². The number of para-hydroxylation sites is 1. The van der Waals surface area contributed by atoms with Gasteiger partial charge in [0.15, 0.2) is 0 Å². The Morgan fingerprint density at radius 3 is 2.46 bits per heavy atom. The molecule has 2 aliphatic rings. The highest BCUT2D eigenvalue weighted by Crippen LogP contribution is 2.31. The lowest BCUT2D eigenvalue weighted by atomic mass is 9.82. The van der Waals surface area contributed by atoms with Crippen LogP contribution in [0.15, 0.2) is 42.6 Å². The molecule has 0 aliphatic heterocycles. The van der Waals surface area contributed by atoms with Gasteiger partial charge in [0.25, 0.3) is 5.69 Å². The highest BCUT2D eigenvalue weighted by molar-refractivity contribution is 5.76. The molecule has 2 aromatic rings. The minimum atomic E-state index is -0.410. The van der Waals surface area contributed by atoms with Crippen LogP contribution < -0.4 is 10.1 Å². The van der Waals surface area contributed by atoms with Crippen molar-refractivity contribution in [3.63, 3.8) is 0 Å². The van der Waals surface area contributed by atoms with E-state index in [9.17, 15) is 20.0 Å². The van der Waals surface area contributed by atoms with E-state index in [-0.39, 0.29) is 30.3 Å². The van der Waals surface area contributed by atoms with Crippen LogP contribution in [0.3, 0.4) is 0 Å². The number of nitrogens with one attached hydrogen (secondary N) is 1. The molecule has 2 N–H and O–H groups in total. The van der Waals surface area contributed by atoms with E-state index in [1.165, 1.54) is 31.9 Å². The van der Waals surface area contributed by atoms with Crippen LogP contribution in [-0.2, 0) is 11.3 Å². The number of amides is 1. The molecule has 0 spiro atoms. The SMILES string of the molecule is O=C(CCC(NCc1cc(Oc2ccccc2)ncc1[N+](=O)[O-])C1CCCCC1)N(CCO)C1CCCCC1. The third-order valence-electron chi connectivity index (χ3n) is 8.22. The first-order valence-electron chi connectivity index (χ1n) is 14.5. The van der Waals surface area contributed by atoms with Crippen molar-refractivity contribution in [1.29, 1.82) is 0 Å². The topological polar surface area (TPSA) is 118 Å². The molecule has 0 radical (unpaired) electrons. The fourth-order valence-corrected chi connectivity index (χ4v) is 6.15. The summed E-state index contributed by atoms with van der Waals surface area (Å²) in [5.41, 5.74) is 0.463. The van der Waals surface area contributed by atoms with Crippen molar-refractivity contribution in [2.24, 2.45) is 5.92 Å². The molecule has 1 unspecified atom stereocenters. The van der Waals surface area contributed by atoms with E-state index in [0.717, 1.165) is 38.5 Å². The van der Waals surface area contributed by atoms with E-state index in [1.54, 1.807) is 6.07 Å². The monoisotopic (exact) mass is 538 g/mol. The number of hydrogen-bond acceptors (Lipinski definition) is 7. The van der Waals surface area contributed by atoms with Gasteiger partial charge in [-0.15, -0.1) is 0 Å². The zero-order valence-electron chi connectivity index (χ0n) is 22.8. The zero-order valence-corrected chi connectivity index (χ0v) is 22.8. The quantitative estimate of drug-likeness (QED) is 0.246. The molecule has 2 saturated carbocycles. The summed E-state index contributed by atoms with van der Waals surface area (Å²) in [6.45, 7) is 0.659. The zero-order chi connectivity index (χ0) is 27.5. The normalized spacial score (nSPS) is 17.5. The van der Waals surface area contributed by atoms with Crippen molar-refractivity contribution < 1.29 is 19.6 Å². The Morgan fingerprint density at radius 1 is 1.10 bits per heavy atom. The van der Waals surface area contributed by atoms with Crippen LogP contribution in [-0.4, -0.2) is 51.1 Å². The van der Waals surface area contributed by atoms with E-state index in [4.69, 9.17) is 4.74 Å². The predicted octanol–water partition coefficient (Wildman–Crippen LogP) is 5.75. The molecule has 39 heavy (non-hydrogen) atoms. The molecule has 1 aromatic carbocycles. The number of aromatic nitrogens is 1. The lowest BCUT2D eigenvalue weighted by Gasteiger charge is -2.35. The molecule has 9 nitrogen and oxygen atoms in total. The lowest BCUT2D eigenvalue weighted by Crippen LogP contribution is -2.44. The second kappa shape index (κ2) is 14.9. The van der Waals surface area contributed by atoms with Gasteiger partial charge in [-0.3, -0.25) is 14.9 Å². The van der Waals surface area contributed by atoms with Crippen molar-refractivity contribution in [2.75, 3.05) is 13.2 Å². The van der Waals surface area contributed by atoms with Gasteiger partial charge in [-0.05, 0) is 50.2 Å². The molecule has 1 heterocycles. The Kier molecular flexibility index (Phi) is 11.1. The number of benzene rings is 1. The van der Waals surface area contributed by atoms with Crippen LogP contribution in [0.4, 0.5) is 5.69 Å². The average Bonchev–Trinajstić information content (AvgIpc) is 2.97. The molecule has 212 valence electrons. The number of nitro groups is 1. The van der Waals surface area contributed by atoms with Crippen molar-refractivity contribution in [3.8, 4) is 11.6 Å². The highest BCUT2D eigenvalue weighted by Gasteiger charge is 2.29. The van der Waals surface area contributed by atoms with Gasteiger partial charge in [-0.1, -0.05) is 56.7 Å². The molecule has 2 fully saturated rings. The Morgan fingerprint density at radius 2 is 1.79 bits per heavy atom. The summed E-state index contributed by atoms with van der Waals surface area (Å²) in [4.78, 5) is 30.7. The number of carbonyl (C=O) groups is 1. The second-order valence-corrected chi connectivity index (χ2v) is 10.9. The van der Waals surface area contributed by atoms with Gasteiger partial charge >= 0.3 is 0 Å². The summed E-state index contributed by atoms with van der Waals surface area (Å²) in [7, 11) is 0. The molecule has 1 amide bonds. The number of hydrogen-bond donors (Lipinski definition) is 2. The number of ether oxygens (including phenoxy) is 1. The van der Waals surface area contributed by atoms with Gasteiger partial charge in [0.05, 0.1) is 17.1 Å². The standard InChI is InChI=1S/C30H42N4O5/c35-19-18-33(25-12-6-2-7-13-25)30(36)17-16-27(23-10-4-1-5-11-23)31-21-24-20-29(32-22-28(24)34(37)38)39-26-14-8-3-9-15-26/h3,8-9,14-15,20,22-23,25,27,31,35H,1-2,4-7,10-13,16-19,21H2. The molecule has 0 saturated heterocycles. The highest BCUT2D eigenvalue weighted by atomic mass is 16.6. The Balaban J connectivity index is 1.45. The van der Waals surface area contributed by atoms with Gasteiger partial charge in [0.1, 0.15) is 11.9 Å². The summed E-state index contributed by atoms with van der Waals surface area (Å²) in [6.07, 6.45) is 13.6. The van der Waals surface area contributed by atoms with Crippen molar-refractivity contribution in [3.05, 3.63) is 58.3 Å². The van der Waals surface area contributed by atoms with Crippen molar-refractivity contribution >= 4 is 11.6 Å². The van der Waals surface area contributed by atoms with Crippen molar-refractivity contribution in [1.82, 2.24) is 15.2 Å². The number of pyridine rings is 1. The summed E-state index contributed by atoms with van der Waals surface area (Å²) in [6, 6.07) is 11.1. The fourth-order valence-electron chi connectivity index (χ4n) is 6.15. The summed E-state index contributed by atoms with van der Waals surface area (Å²) >= 11 is 0. The number of nitrogens with zero attached hydrogens (tertiary/aromatic N) is 3. The Labute approximate surface area is 231 Å². The summed E-state index contributed by atoms with van der Waals surface area (Å²) in [5.74, 6) is 1.45. The third-order valence-corrected chi connectivity index (χ3v) is 8.22. The average molecular weight is 539 g/mol. The Bertz CT molecular complexity index is 1050. The maximum absolute atomic E-state index is 13.3.